The van der Waals surface area contributed by atoms with E-state index in [4.69, 9.17) is 16.4 Å². The number of benzene rings is 2. The molecule has 172 valence electrons. The van der Waals surface area contributed by atoms with Crippen LogP contribution >= 0.6 is 11.6 Å². The summed E-state index contributed by atoms with van der Waals surface area (Å²) >= 11 is 5.93. The number of alkyl halides is 3. The zero-order chi connectivity index (χ0) is 23.5. The topological polar surface area (TPSA) is 41.9 Å². The van der Waals surface area contributed by atoms with Crippen LogP contribution in [0.4, 0.5) is 13.2 Å². The number of carbonyl (C=O) groups is 1. The van der Waals surface area contributed by atoms with Gasteiger partial charge in [0.2, 0.25) is 5.91 Å². The molecular formula is C24H26ClF3N2O2. The van der Waals surface area contributed by atoms with E-state index in [1.54, 1.807) is 23.1 Å². The summed E-state index contributed by atoms with van der Waals surface area (Å²) in [6.07, 6.45) is -4.06. The number of carbonyl (C=O) groups excluding carboxylic acids is 1. The molecule has 8 heteroatoms. The highest BCUT2D eigenvalue weighted by Crippen LogP contribution is 2.30. The molecule has 3 rings (SSSR count). The van der Waals surface area contributed by atoms with Gasteiger partial charge in [-0.3, -0.25) is 4.79 Å². The molecule has 32 heavy (non-hydrogen) atoms. The SMILES string of the molecule is CC(C)(C)CC(=O)N(Cc1cccc(C(F)(F)F)c1)CC1CC(c2ccc(Cl)cc2)=NO1. The maximum Gasteiger partial charge on any atom is 0.416 e. The molecule has 2 aromatic carbocycles. The zero-order valence-electron chi connectivity index (χ0n) is 18.2. The van der Waals surface area contributed by atoms with Gasteiger partial charge in [0.25, 0.3) is 0 Å². The maximum absolute atomic E-state index is 13.1. The number of hydrogen-bond donors (Lipinski definition) is 0. The molecule has 0 aromatic heterocycles. The standard InChI is InChI=1S/C24H26ClF3N2O2/c1-23(2,3)13-22(31)30(14-16-5-4-6-18(11-16)24(26,27)28)15-20-12-21(29-32-20)17-7-9-19(25)10-8-17/h4-11,20H,12-15H2,1-3H3. The first-order chi connectivity index (χ1) is 14.9. The van der Waals surface area contributed by atoms with Gasteiger partial charge in [0.1, 0.15) is 0 Å². The predicted molar refractivity (Wildman–Crippen MR) is 118 cm³/mol. The minimum Gasteiger partial charge on any atom is -0.390 e. The van der Waals surface area contributed by atoms with Crippen LogP contribution in [0.1, 0.15) is 50.3 Å². The van der Waals surface area contributed by atoms with Gasteiger partial charge in [-0.25, -0.2) is 0 Å². The van der Waals surface area contributed by atoms with Crippen molar-refractivity contribution in [1.29, 1.82) is 0 Å². The third-order valence-corrected chi connectivity index (χ3v) is 5.25. The van der Waals surface area contributed by atoms with E-state index in [9.17, 15) is 18.0 Å². The van der Waals surface area contributed by atoms with E-state index in [-0.39, 0.29) is 36.9 Å². The molecule has 1 aliphatic rings. The van der Waals surface area contributed by atoms with E-state index in [1.807, 2.05) is 32.9 Å². The Labute approximate surface area is 191 Å². The first kappa shape index (κ1) is 24.1. The lowest BCUT2D eigenvalue weighted by Crippen LogP contribution is -2.38. The number of nitrogens with zero attached hydrogens (tertiary/aromatic N) is 2. The third kappa shape index (κ3) is 6.73. The van der Waals surface area contributed by atoms with Crippen molar-refractivity contribution in [2.45, 2.75) is 52.4 Å². The normalized spacial score (nSPS) is 16.5. The Morgan fingerprint density at radius 3 is 2.47 bits per heavy atom. The molecule has 0 radical (unpaired) electrons. The molecule has 0 aliphatic carbocycles. The fourth-order valence-corrected chi connectivity index (χ4v) is 3.60. The van der Waals surface area contributed by atoms with E-state index < -0.39 is 11.7 Å². The van der Waals surface area contributed by atoms with E-state index in [1.165, 1.54) is 6.07 Å². The van der Waals surface area contributed by atoms with Gasteiger partial charge < -0.3 is 9.74 Å². The van der Waals surface area contributed by atoms with Crippen molar-refractivity contribution in [3.8, 4) is 0 Å². The average Bonchev–Trinajstić information content (AvgIpc) is 3.15. The maximum atomic E-state index is 13.1. The van der Waals surface area contributed by atoms with Crippen LogP contribution in [0.25, 0.3) is 0 Å². The van der Waals surface area contributed by atoms with Crippen LogP contribution in [0.2, 0.25) is 5.02 Å². The molecule has 0 fully saturated rings. The van der Waals surface area contributed by atoms with Gasteiger partial charge >= 0.3 is 6.18 Å². The fourth-order valence-electron chi connectivity index (χ4n) is 3.47. The smallest absolute Gasteiger partial charge is 0.390 e. The minimum absolute atomic E-state index is 0.0645. The summed E-state index contributed by atoms with van der Waals surface area (Å²) < 4.78 is 39.4. The van der Waals surface area contributed by atoms with Crippen molar-refractivity contribution in [2.24, 2.45) is 10.6 Å². The molecule has 4 nitrogen and oxygen atoms in total. The molecule has 0 saturated carbocycles. The van der Waals surface area contributed by atoms with Gasteiger partial charge in [0, 0.05) is 24.4 Å². The molecule has 0 spiro atoms. The van der Waals surface area contributed by atoms with Gasteiger partial charge in [-0.15, -0.1) is 0 Å². The van der Waals surface area contributed by atoms with Crippen LogP contribution in [0.5, 0.6) is 0 Å². The first-order valence-electron chi connectivity index (χ1n) is 10.3. The third-order valence-electron chi connectivity index (χ3n) is 5.00. The Morgan fingerprint density at radius 2 is 1.84 bits per heavy atom. The van der Waals surface area contributed by atoms with Gasteiger partial charge in [-0.2, -0.15) is 13.2 Å². The summed E-state index contributed by atoms with van der Waals surface area (Å²) in [6, 6.07) is 12.3. The Morgan fingerprint density at radius 1 is 1.16 bits per heavy atom. The second-order valence-electron chi connectivity index (χ2n) is 9.19. The Balaban J connectivity index is 1.74. The van der Waals surface area contributed by atoms with Gasteiger partial charge in [0.05, 0.1) is 17.8 Å². The molecular weight excluding hydrogens is 441 g/mol. The Bertz CT molecular complexity index is 982. The molecule has 0 bridgehead atoms. The lowest BCUT2D eigenvalue weighted by Gasteiger charge is -2.28. The van der Waals surface area contributed by atoms with Gasteiger partial charge in [-0.05, 0) is 40.8 Å². The Kier molecular flexibility index (Phi) is 7.18. The van der Waals surface area contributed by atoms with E-state index in [0.717, 1.165) is 23.4 Å². The monoisotopic (exact) mass is 466 g/mol. The van der Waals surface area contributed by atoms with Crippen LogP contribution in [0.15, 0.2) is 53.7 Å². The minimum atomic E-state index is -4.44. The number of rotatable bonds is 6. The number of oxime groups is 1. The van der Waals surface area contributed by atoms with Crippen molar-refractivity contribution in [1.82, 2.24) is 4.90 Å². The predicted octanol–water partition coefficient (Wildman–Crippen LogP) is 6.32. The van der Waals surface area contributed by atoms with E-state index in [2.05, 4.69) is 5.16 Å². The summed E-state index contributed by atoms with van der Waals surface area (Å²) in [4.78, 5) is 20.1. The molecule has 1 unspecified atom stereocenters. The molecule has 0 saturated heterocycles. The fraction of sp³-hybridized carbons (Fsp3) is 0.417. The van der Waals surface area contributed by atoms with Crippen molar-refractivity contribution in [2.75, 3.05) is 6.54 Å². The second-order valence-corrected chi connectivity index (χ2v) is 9.62. The molecule has 1 amide bonds. The van der Waals surface area contributed by atoms with Crippen LogP contribution < -0.4 is 0 Å². The van der Waals surface area contributed by atoms with Crippen LogP contribution in [-0.4, -0.2) is 29.2 Å². The zero-order valence-corrected chi connectivity index (χ0v) is 19.0. The van der Waals surface area contributed by atoms with Crippen molar-refractivity contribution in [3.63, 3.8) is 0 Å². The van der Waals surface area contributed by atoms with Gasteiger partial charge in [0.15, 0.2) is 6.10 Å². The Hall–Kier alpha value is -2.54. The summed E-state index contributed by atoms with van der Waals surface area (Å²) in [5.74, 6) is -0.140. The quantitative estimate of drug-likeness (QED) is 0.500. The lowest BCUT2D eigenvalue weighted by molar-refractivity contribution is -0.137. The summed E-state index contributed by atoms with van der Waals surface area (Å²) in [6.45, 7) is 6.13. The summed E-state index contributed by atoms with van der Waals surface area (Å²) in [7, 11) is 0. The van der Waals surface area contributed by atoms with Crippen molar-refractivity contribution in [3.05, 3.63) is 70.2 Å². The van der Waals surface area contributed by atoms with Crippen LogP contribution in [0, 0.1) is 5.41 Å². The first-order valence-corrected chi connectivity index (χ1v) is 10.7. The van der Waals surface area contributed by atoms with Crippen molar-refractivity contribution >= 4 is 23.2 Å². The van der Waals surface area contributed by atoms with E-state index in [0.29, 0.717) is 17.0 Å². The largest absolute Gasteiger partial charge is 0.416 e. The highest BCUT2D eigenvalue weighted by atomic mass is 35.5. The molecule has 0 N–H and O–H groups in total. The van der Waals surface area contributed by atoms with Crippen LogP contribution in [-0.2, 0) is 22.4 Å². The highest BCUT2D eigenvalue weighted by molar-refractivity contribution is 6.30. The lowest BCUT2D eigenvalue weighted by atomic mass is 9.91. The summed E-state index contributed by atoms with van der Waals surface area (Å²) in [5, 5.41) is 4.76. The number of halogens is 4. The summed E-state index contributed by atoms with van der Waals surface area (Å²) in [5.41, 5.74) is 1.05. The molecule has 1 atom stereocenters. The number of hydrogen-bond acceptors (Lipinski definition) is 3. The highest BCUT2D eigenvalue weighted by Gasteiger charge is 2.32. The molecule has 1 heterocycles. The van der Waals surface area contributed by atoms with Crippen LogP contribution in [0.3, 0.4) is 0 Å². The van der Waals surface area contributed by atoms with Crippen molar-refractivity contribution < 1.29 is 22.8 Å². The second kappa shape index (κ2) is 9.53. The average molecular weight is 467 g/mol. The van der Waals surface area contributed by atoms with Gasteiger partial charge in [-0.1, -0.05) is 61.8 Å². The number of amides is 1. The molecule has 1 aliphatic heterocycles. The molecule has 2 aromatic rings. The van der Waals surface area contributed by atoms with E-state index >= 15 is 0 Å².